The molecule has 2 aromatic carbocycles. The van der Waals surface area contributed by atoms with E-state index in [4.69, 9.17) is 9.47 Å². The largest absolute Gasteiger partial charge is 0.497 e. The van der Waals surface area contributed by atoms with Crippen molar-refractivity contribution in [1.82, 2.24) is 5.32 Å². The van der Waals surface area contributed by atoms with Crippen LogP contribution in [0.3, 0.4) is 0 Å². The van der Waals surface area contributed by atoms with Crippen molar-refractivity contribution in [2.75, 3.05) is 14.2 Å². The lowest BCUT2D eigenvalue weighted by atomic mass is 10.2. The molecule has 0 saturated carbocycles. The van der Waals surface area contributed by atoms with Crippen LogP contribution in [-0.4, -0.2) is 30.3 Å². The molecule has 1 N–H and O–H groups in total. The first kappa shape index (κ1) is 19.6. The van der Waals surface area contributed by atoms with Crippen LogP contribution in [0.4, 0.5) is 5.69 Å². The lowest BCUT2D eigenvalue weighted by Crippen LogP contribution is -2.30. The van der Waals surface area contributed by atoms with Crippen molar-refractivity contribution in [1.29, 1.82) is 0 Å². The molecule has 0 aliphatic heterocycles. The minimum Gasteiger partial charge on any atom is -0.497 e. The molecule has 26 heavy (non-hydrogen) atoms. The van der Waals surface area contributed by atoms with Crippen molar-refractivity contribution >= 4 is 23.4 Å². The number of hydrogen-bond acceptors (Lipinski definition) is 6. The smallest absolute Gasteiger partial charge is 0.269 e. The van der Waals surface area contributed by atoms with Crippen molar-refractivity contribution in [3.63, 3.8) is 0 Å². The van der Waals surface area contributed by atoms with Crippen LogP contribution >= 0.6 is 11.8 Å². The van der Waals surface area contributed by atoms with Crippen LogP contribution in [0, 0.1) is 10.1 Å². The van der Waals surface area contributed by atoms with Crippen LogP contribution in [0.15, 0.2) is 47.4 Å². The topological polar surface area (TPSA) is 90.7 Å². The molecule has 8 heteroatoms. The molecule has 0 saturated heterocycles. The lowest BCUT2D eigenvalue weighted by Gasteiger charge is -2.13. The Bertz CT molecular complexity index is 757. The van der Waals surface area contributed by atoms with Crippen LogP contribution in [0.2, 0.25) is 0 Å². The number of hydrogen-bond donors (Lipinski definition) is 1. The fourth-order valence-corrected chi connectivity index (χ4v) is 3.10. The van der Waals surface area contributed by atoms with E-state index >= 15 is 0 Å². The van der Waals surface area contributed by atoms with Gasteiger partial charge in [-0.15, -0.1) is 11.8 Å². The number of nitro groups is 1. The summed E-state index contributed by atoms with van der Waals surface area (Å²) in [6.07, 6.45) is 0. The van der Waals surface area contributed by atoms with E-state index in [1.165, 1.54) is 23.9 Å². The second-order valence-corrected chi connectivity index (χ2v) is 6.86. The SMILES string of the molecule is COc1cc(CNC(=O)C(C)Sc2ccc([N+](=O)[O-])cc2)cc(OC)c1. The molecule has 1 amide bonds. The van der Waals surface area contributed by atoms with Gasteiger partial charge in [0.1, 0.15) is 11.5 Å². The normalized spacial score (nSPS) is 11.5. The predicted octanol–water partition coefficient (Wildman–Crippen LogP) is 3.41. The minimum atomic E-state index is -0.451. The van der Waals surface area contributed by atoms with Crippen LogP contribution in [0.1, 0.15) is 12.5 Å². The molecule has 2 aromatic rings. The van der Waals surface area contributed by atoms with Gasteiger partial charge in [0.15, 0.2) is 0 Å². The molecular formula is C18H20N2O5S. The summed E-state index contributed by atoms with van der Waals surface area (Å²) >= 11 is 1.34. The first-order valence-electron chi connectivity index (χ1n) is 7.83. The third kappa shape index (κ3) is 5.38. The Kier molecular flexibility index (Phi) is 6.85. The van der Waals surface area contributed by atoms with Crippen molar-refractivity contribution in [2.24, 2.45) is 0 Å². The van der Waals surface area contributed by atoms with E-state index in [0.717, 1.165) is 10.5 Å². The highest BCUT2D eigenvalue weighted by molar-refractivity contribution is 8.00. The molecule has 0 spiro atoms. The maximum Gasteiger partial charge on any atom is 0.269 e. The highest BCUT2D eigenvalue weighted by Crippen LogP contribution is 2.26. The molecule has 1 unspecified atom stereocenters. The van der Waals surface area contributed by atoms with E-state index in [1.807, 2.05) is 12.1 Å². The third-order valence-electron chi connectivity index (χ3n) is 3.61. The van der Waals surface area contributed by atoms with Gasteiger partial charge in [0.25, 0.3) is 5.69 Å². The van der Waals surface area contributed by atoms with Gasteiger partial charge in [-0.05, 0) is 36.8 Å². The Labute approximate surface area is 155 Å². The maximum absolute atomic E-state index is 12.3. The fraction of sp³-hybridized carbons (Fsp3) is 0.278. The van der Waals surface area contributed by atoms with E-state index in [1.54, 1.807) is 39.3 Å². The van der Waals surface area contributed by atoms with E-state index in [2.05, 4.69) is 5.32 Å². The fourth-order valence-electron chi connectivity index (χ4n) is 2.21. The first-order chi connectivity index (χ1) is 12.4. The van der Waals surface area contributed by atoms with Crippen molar-refractivity contribution < 1.29 is 19.2 Å². The third-order valence-corrected chi connectivity index (χ3v) is 4.72. The molecule has 0 heterocycles. The second kappa shape index (κ2) is 9.10. The molecule has 0 bridgehead atoms. The number of non-ortho nitro benzene ring substituents is 1. The van der Waals surface area contributed by atoms with Gasteiger partial charge < -0.3 is 14.8 Å². The lowest BCUT2D eigenvalue weighted by molar-refractivity contribution is -0.384. The van der Waals surface area contributed by atoms with E-state index in [9.17, 15) is 14.9 Å². The Balaban J connectivity index is 1.93. The molecule has 0 aliphatic carbocycles. The average molecular weight is 376 g/mol. The Morgan fingerprint density at radius 3 is 2.23 bits per heavy atom. The maximum atomic E-state index is 12.3. The Hall–Kier alpha value is -2.74. The van der Waals surface area contributed by atoms with Gasteiger partial charge in [0.2, 0.25) is 5.91 Å². The van der Waals surface area contributed by atoms with Crippen LogP contribution < -0.4 is 14.8 Å². The van der Waals surface area contributed by atoms with Gasteiger partial charge in [0, 0.05) is 29.6 Å². The zero-order chi connectivity index (χ0) is 19.1. The summed E-state index contributed by atoms with van der Waals surface area (Å²) in [4.78, 5) is 23.3. The summed E-state index contributed by atoms with van der Waals surface area (Å²) in [5.74, 6) is 1.18. The number of thioether (sulfide) groups is 1. The van der Waals surface area contributed by atoms with E-state index in [-0.39, 0.29) is 16.8 Å². The zero-order valence-electron chi connectivity index (χ0n) is 14.7. The number of nitro benzene ring substituents is 1. The van der Waals surface area contributed by atoms with Crippen molar-refractivity contribution in [3.05, 3.63) is 58.1 Å². The average Bonchev–Trinajstić information content (AvgIpc) is 2.66. The van der Waals surface area contributed by atoms with Crippen LogP contribution in [0.25, 0.3) is 0 Å². The second-order valence-electron chi connectivity index (χ2n) is 5.45. The summed E-state index contributed by atoms with van der Waals surface area (Å²) in [5.41, 5.74) is 0.889. The summed E-state index contributed by atoms with van der Waals surface area (Å²) in [5, 5.41) is 13.2. The summed E-state index contributed by atoms with van der Waals surface area (Å²) in [7, 11) is 3.14. The number of methoxy groups -OCH3 is 2. The van der Waals surface area contributed by atoms with E-state index in [0.29, 0.717) is 18.0 Å². The minimum absolute atomic E-state index is 0.0263. The molecule has 0 radical (unpaired) electrons. The molecule has 1 atom stereocenters. The van der Waals surface area contributed by atoms with Gasteiger partial charge in [-0.25, -0.2) is 0 Å². The monoisotopic (exact) mass is 376 g/mol. The van der Waals surface area contributed by atoms with Gasteiger partial charge in [-0.2, -0.15) is 0 Å². The van der Waals surface area contributed by atoms with Crippen LogP contribution in [0.5, 0.6) is 11.5 Å². The Morgan fingerprint density at radius 2 is 1.73 bits per heavy atom. The van der Waals surface area contributed by atoms with Gasteiger partial charge in [0.05, 0.1) is 24.4 Å². The summed E-state index contributed by atoms with van der Waals surface area (Å²) in [6.45, 7) is 2.13. The summed E-state index contributed by atoms with van der Waals surface area (Å²) in [6, 6.07) is 11.6. The number of benzene rings is 2. The van der Waals surface area contributed by atoms with E-state index < -0.39 is 4.92 Å². The number of amides is 1. The number of carbonyl (C=O) groups is 1. The number of ether oxygens (including phenoxy) is 2. The Morgan fingerprint density at radius 1 is 1.15 bits per heavy atom. The van der Waals surface area contributed by atoms with Gasteiger partial charge in [-0.3, -0.25) is 14.9 Å². The first-order valence-corrected chi connectivity index (χ1v) is 8.71. The standard InChI is InChI=1S/C18H20N2O5S/c1-12(26-17-6-4-14(5-7-17)20(22)23)18(21)19-11-13-8-15(24-2)10-16(9-13)25-3/h4-10,12H,11H2,1-3H3,(H,19,21). The molecule has 0 fully saturated rings. The quantitative estimate of drug-likeness (QED) is 0.431. The molecule has 7 nitrogen and oxygen atoms in total. The molecule has 0 aliphatic rings. The highest BCUT2D eigenvalue weighted by Gasteiger charge is 2.15. The molecular weight excluding hydrogens is 356 g/mol. The predicted molar refractivity (Wildman–Crippen MR) is 99.8 cm³/mol. The van der Waals surface area contributed by atoms with Gasteiger partial charge in [-0.1, -0.05) is 0 Å². The number of carbonyl (C=O) groups excluding carboxylic acids is 1. The molecule has 138 valence electrons. The molecule has 0 aromatic heterocycles. The van der Waals surface area contributed by atoms with Crippen LogP contribution in [-0.2, 0) is 11.3 Å². The number of rotatable bonds is 8. The summed E-state index contributed by atoms with van der Waals surface area (Å²) < 4.78 is 10.4. The highest BCUT2D eigenvalue weighted by atomic mass is 32.2. The van der Waals surface area contributed by atoms with Crippen molar-refractivity contribution in [2.45, 2.75) is 23.6 Å². The zero-order valence-corrected chi connectivity index (χ0v) is 15.5. The van der Waals surface area contributed by atoms with Crippen molar-refractivity contribution in [3.8, 4) is 11.5 Å². The number of nitrogens with zero attached hydrogens (tertiary/aromatic N) is 1. The molecule has 2 rings (SSSR count). The number of nitrogens with one attached hydrogen (secondary N) is 1. The van der Waals surface area contributed by atoms with Gasteiger partial charge >= 0.3 is 0 Å².